The van der Waals surface area contributed by atoms with Crippen molar-refractivity contribution in [1.82, 2.24) is 9.78 Å². The van der Waals surface area contributed by atoms with Crippen molar-refractivity contribution in [3.05, 3.63) is 11.8 Å². The highest BCUT2D eigenvalue weighted by molar-refractivity contribution is 5.67. The van der Waals surface area contributed by atoms with Gasteiger partial charge in [0.05, 0.1) is 12.2 Å². The third kappa shape index (κ3) is 1.71. The topological polar surface area (TPSA) is 81.1 Å². The molecule has 0 unspecified atom stereocenters. The van der Waals surface area contributed by atoms with Crippen molar-refractivity contribution in [2.75, 3.05) is 5.73 Å². The maximum atomic E-state index is 10.4. The number of aliphatic carboxylic acids is 1. The van der Waals surface area contributed by atoms with Crippen LogP contribution in [-0.2, 0) is 11.2 Å². The molecule has 14 heavy (non-hydrogen) atoms. The number of hydrogen-bond acceptors (Lipinski definition) is 3. The highest BCUT2D eigenvalue weighted by Crippen LogP contribution is 2.36. The second kappa shape index (κ2) is 3.32. The molecule has 2 rings (SSSR count). The molecule has 0 aromatic carbocycles. The molecule has 0 aliphatic heterocycles. The first kappa shape index (κ1) is 9.05. The molecule has 5 nitrogen and oxygen atoms in total. The van der Waals surface area contributed by atoms with Gasteiger partial charge in [0.1, 0.15) is 5.82 Å². The van der Waals surface area contributed by atoms with E-state index < -0.39 is 5.97 Å². The monoisotopic (exact) mass is 195 g/mol. The lowest BCUT2D eigenvalue weighted by Gasteiger charge is -2.01. The summed E-state index contributed by atoms with van der Waals surface area (Å²) in [5, 5.41) is 12.7. The highest BCUT2D eigenvalue weighted by Gasteiger charge is 2.26. The highest BCUT2D eigenvalue weighted by atomic mass is 16.4. The third-order valence-corrected chi connectivity index (χ3v) is 2.41. The van der Waals surface area contributed by atoms with Gasteiger partial charge in [0, 0.05) is 12.0 Å². The molecule has 0 radical (unpaired) electrons. The number of nitrogen functional groups attached to an aromatic ring is 1. The second-order valence-electron chi connectivity index (χ2n) is 3.62. The maximum absolute atomic E-state index is 10.4. The normalized spacial score (nSPS) is 15.7. The summed E-state index contributed by atoms with van der Waals surface area (Å²) >= 11 is 0. The average molecular weight is 195 g/mol. The Bertz CT molecular complexity index is 355. The summed E-state index contributed by atoms with van der Waals surface area (Å²) in [5.74, 6) is -0.169. The number of nitrogens with zero attached hydrogens (tertiary/aromatic N) is 2. The maximum Gasteiger partial charge on any atom is 0.303 e. The Labute approximate surface area is 81.5 Å². The van der Waals surface area contributed by atoms with E-state index in [2.05, 4.69) is 5.10 Å². The van der Waals surface area contributed by atoms with Crippen molar-refractivity contribution in [3.63, 3.8) is 0 Å². The minimum Gasteiger partial charge on any atom is -0.481 e. The zero-order chi connectivity index (χ0) is 10.1. The zero-order valence-corrected chi connectivity index (χ0v) is 7.81. The quantitative estimate of drug-likeness (QED) is 0.745. The van der Waals surface area contributed by atoms with Crippen LogP contribution in [-0.4, -0.2) is 20.9 Å². The lowest BCUT2D eigenvalue weighted by atomic mass is 10.2. The van der Waals surface area contributed by atoms with E-state index in [-0.39, 0.29) is 6.42 Å². The van der Waals surface area contributed by atoms with Crippen molar-refractivity contribution in [2.45, 2.75) is 31.7 Å². The molecule has 1 heterocycles. The number of anilines is 1. The van der Waals surface area contributed by atoms with E-state index in [9.17, 15) is 4.79 Å². The van der Waals surface area contributed by atoms with Gasteiger partial charge in [-0.1, -0.05) is 0 Å². The van der Waals surface area contributed by atoms with Gasteiger partial charge in [0.2, 0.25) is 0 Å². The summed E-state index contributed by atoms with van der Waals surface area (Å²) < 4.78 is 1.80. The Morgan fingerprint density at radius 2 is 2.43 bits per heavy atom. The fourth-order valence-electron chi connectivity index (χ4n) is 1.45. The van der Waals surface area contributed by atoms with Crippen LogP contribution in [0.15, 0.2) is 6.20 Å². The largest absolute Gasteiger partial charge is 0.481 e. The van der Waals surface area contributed by atoms with Crippen molar-refractivity contribution in [1.29, 1.82) is 0 Å². The standard InChI is InChI=1S/C9H13N3O2/c10-9-6(1-4-8(13)14)5-11-12(9)7-2-3-7/h5,7H,1-4,10H2,(H,13,14). The number of nitrogens with two attached hydrogens (primary N) is 1. The zero-order valence-electron chi connectivity index (χ0n) is 7.81. The molecule has 1 saturated carbocycles. The van der Waals surface area contributed by atoms with Crippen LogP contribution in [0.1, 0.15) is 30.9 Å². The van der Waals surface area contributed by atoms with Crippen molar-refractivity contribution in [3.8, 4) is 0 Å². The van der Waals surface area contributed by atoms with E-state index in [1.54, 1.807) is 10.9 Å². The molecule has 5 heteroatoms. The Balaban J connectivity index is 2.06. The molecular formula is C9H13N3O2. The van der Waals surface area contributed by atoms with E-state index in [1.165, 1.54) is 0 Å². The molecular weight excluding hydrogens is 182 g/mol. The second-order valence-corrected chi connectivity index (χ2v) is 3.62. The van der Waals surface area contributed by atoms with Crippen molar-refractivity contribution in [2.24, 2.45) is 0 Å². The smallest absolute Gasteiger partial charge is 0.303 e. The third-order valence-electron chi connectivity index (χ3n) is 2.41. The molecule has 0 bridgehead atoms. The Morgan fingerprint density at radius 3 is 3.00 bits per heavy atom. The molecule has 0 amide bonds. The van der Waals surface area contributed by atoms with E-state index in [1.807, 2.05) is 0 Å². The molecule has 0 atom stereocenters. The first-order valence-electron chi connectivity index (χ1n) is 4.72. The molecule has 1 aromatic rings. The van der Waals surface area contributed by atoms with Gasteiger partial charge < -0.3 is 10.8 Å². The van der Waals surface area contributed by atoms with E-state index >= 15 is 0 Å². The summed E-state index contributed by atoms with van der Waals surface area (Å²) in [6, 6.07) is 0.452. The minimum atomic E-state index is -0.802. The molecule has 1 fully saturated rings. The minimum absolute atomic E-state index is 0.112. The van der Waals surface area contributed by atoms with Gasteiger partial charge in [-0.25, -0.2) is 4.68 Å². The van der Waals surface area contributed by atoms with Crippen molar-refractivity contribution >= 4 is 11.8 Å². The molecule has 1 aliphatic rings. The van der Waals surface area contributed by atoms with Crippen LogP contribution in [0.25, 0.3) is 0 Å². The number of rotatable bonds is 4. The molecule has 3 N–H and O–H groups in total. The van der Waals surface area contributed by atoms with E-state index in [0.29, 0.717) is 18.3 Å². The van der Waals surface area contributed by atoms with Crippen LogP contribution in [0.3, 0.4) is 0 Å². The average Bonchev–Trinajstić information content (AvgIpc) is 2.89. The molecule has 1 aromatic heterocycles. The van der Waals surface area contributed by atoms with Gasteiger partial charge in [-0.3, -0.25) is 4.79 Å². The summed E-state index contributed by atoms with van der Waals surface area (Å²) in [7, 11) is 0. The number of carboxylic acid groups (broad SMARTS) is 1. The van der Waals surface area contributed by atoms with E-state index in [4.69, 9.17) is 10.8 Å². The summed E-state index contributed by atoms with van der Waals surface area (Å²) in [5.41, 5.74) is 6.68. The summed E-state index contributed by atoms with van der Waals surface area (Å²) in [6.45, 7) is 0. The Kier molecular flexibility index (Phi) is 2.15. The Hall–Kier alpha value is -1.52. The number of aromatic nitrogens is 2. The number of carbonyl (C=O) groups is 1. The fourth-order valence-corrected chi connectivity index (χ4v) is 1.45. The van der Waals surface area contributed by atoms with Gasteiger partial charge in [-0.2, -0.15) is 5.10 Å². The predicted molar refractivity (Wildman–Crippen MR) is 50.9 cm³/mol. The van der Waals surface area contributed by atoms with Crippen LogP contribution in [0.4, 0.5) is 5.82 Å². The number of hydrogen-bond donors (Lipinski definition) is 2. The summed E-state index contributed by atoms with van der Waals surface area (Å²) in [6.07, 6.45) is 4.51. The van der Waals surface area contributed by atoms with Gasteiger partial charge in [0.15, 0.2) is 0 Å². The van der Waals surface area contributed by atoms with Gasteiger partial charge in [-0.05, 0) is 19.3 Å². The van der Waals surface area contributed by atoms with Crippen LogP contribution < -0.4 is 5.73 Å². The van der Waals surface area contributed by atoms with Crippen LogP contribution >= 0.6 is 0 Å². The molecule has 1 aliphatic carbocycles. The van der Waals surface area contributed by atoms with Crippen LogP contribution in [0.5, 0.6) is 0 Å². The fraction of sp³-hybridized carbons (Fsp3) is 0.556. The lowest BCUT2D eigenvalue weighted by Crippen LogP contribution is -2.04. The van der Waals surface area contributed by atoms with Crippen molar-refractivity contribution < 1.29 is 9.90 Å². The summed E-state index contributed by atoms with van der Waals surface area (Å²) in [4.78, 5) is 10.4. The Morgan fingerprint density at radius 1 is 1.71 bits per heavy atom. The van der Waals surface area contributed by atoms with Crippen LogP contribution in [0, 0.1) is 0 Å². The molecule has 76 valence electrons. The SMILES string of the molecule is Nc1c(CCC(=O)O)cnn1C1CC1. The first-order chi connectivity index (χ1) is 6.68. The van der Waals surface area contributed by atoms with Gasteiger partial charge in [0.25, 0.3) is 0 Å². The lowest BCUT2D eigenvalue weighted by molar-refractivity contribution is -0.136. The van der Waals surface area contributed by atoms with Crippen LogP contribution in [0.2, 0.25) is 0 Å². The predicted octanol–water partition coefficient (Wildman–Crippen LogP) is 0.817. The number of aryl methyl sites for hydroxylation is 1. The van der Waals surface area contributed by atoms with Gasteiger partial charge >= 0.3 is 5.97 Å². The van der Waals surface area contributed by atoms with Gasteiger partial charge in [-0.15, -0.1) is 0 Å². The molecule has 0 spiro atoms. The van der Waals surface area contributed by atoms with E-state index in [0.717, 1.165) is 18.4 Å². The number of carboxylic acids is 1. The first-order valence-corrected chi connectivity index (χ1v) is 4.72. The molecule has 0 saturated heterocycles.